The fourth-order valence-electron chi connectivity index (χ4n) is 2.51. The number of carbonyl (C=O) groups excluding carboxylic acids is 1. The van der Waals surface area contributed by atoms with E-state index >= 15 is 0 Å². The molecule has 0 radical (unpaired) electrons. The molecule has 1 heterocycles. The topological polar surface area (TPSA) is 75.6 Å². The SMILES string of the molecule is O=C(CSCc1cccc(Cl)c1)NC(C(=O)O)C1CCCOC1. The standard InChI is InChI=1S/C16H20ClNO4S/c17-13-5-1-3-11(7-13)9-23-10-14(19)18-15(16(20)21)12-4-2-6-22-8-12/h1,3,5,7,12,15H,2,4,6,8-10H2,(H,18,19)(H,20,21). The summed E-state index contributed by atoms with van der Waals surface area (Å²) in [5, 5.41) is 12.6. The van der Waals surface area contributed by atoms with E-state index in [1.807, 2.05) is 18.2 Å². The van der Waals surface area contributed by atoms with Gasteiger partial charge in [-0.3, -0.25) is 4.79 Å². The van der Waals surface area contributed by atoms with E-state index in [2.05, 4.69) is 5.32 Å². The third-order valence-electron chi connectivity index (χ3n) is 3.64. The Morgan fingerprint density at radius 1 is 1.48 bits per heavy atom. The fourth-order valence-corrected chi connectivity index (χ4v) is 3.51. The average Bonchev–Trinajstić information content (AvgIpc) is 2.53. The lowest BCUT2D eigenvalue weighted by Crippen LogP contribution is -2.48. The van der Waals surface area contributed by atoms with Gasteiger partial charge in [0.15, 0.2) is 0 Å². The maximum Gasteiger partial charge on any atom is 0.326 e. The lowest BCUT2D eigenvalue weighted by molar-refractivity contribution is -0.144. The molecule has 0 bridgehead atoms. The molecule has 2 atom stereocenters. The second kappa shape index (κ2) is 9.15. The highest BCUT2D eigenvalue weighted by atomic mass is 35.5. The first-order chi connectivity index (χ1) is 11.1. The first kappa shape index (κ1) is 18.1. The molecule has 126 valence electrons. The number of amides is 1. The molecular formula is C16H20ClNO4S. The predicted molar refractivity (Wildman–Crippen MR) is 90.7 cm³/mol. The van der Waals surface area contributed by atoms with Gasteiger partial charge < -0.3 is 15.2 Å². The van der Waals surface area contributed by atoms with Crippen LogP contribution in [0.1, 0.15) is 18.4 Å². The minimum absolute atomic E-state index is 0.164. The van der Waals surface area contributed by atoms with Crippen molar-refractivity contribution in [3.05, 3.63) is 34.9 Å². The van der Waals surface area contributed by atoms with E-state index in [0.29, 0.717) is 24.0 Å². The maximum atomic E-state index is 12.0. The second-order valence-corrected chi connectivity index (χ2v) is 6.91. The van der Waals surface area contributed by atoms with Crippen molar-refractivity contribution < 1.29 is 19.4 Å². The molecule has 1 aromatic carbocycles. The fraction of sp³-hybridized carbons (Fsp3) is 0.500. The first-order valence-electron chi connectivity index (χ1n) is 7.48. The zero-order chi connectivity index (χ0) is 16.7. The van der Waals surface area contributed by atoms with Crippen molar-refractivity contribution >= 4 is 35.2 Å². The molecule has 1 amide bonds. The summed E-state index contributed by atoms with van der Waals surface area (Å²) in [6.07, 6.45) is 1.58. The second-order valence-electron chi connectivity index (χ2n) is 5.48. The largest absolute Gasteiger partial charge is 0.480 e. The molecule has 2 rings (SSSR count). The van der Waals surface area contributed by atoms with Gasteiger partial charge >= 0.3 is 5.97 Å². The monoisotopic (exact) mass is 357 g/mol. The third kappa shape index (κ3) is 6.05. The van der Waals surface area contributed by atoms with Crippen LogP contribution in [0.2, 0.25) is 5.02 Å². The highest BCUT2D eigenvalue weighted by Gasteiger charge is 2.31. The summed E-state index contributed by atoms with van der Waals surface area (Å²) >= 11 is 7.34. The number of carboxylic acids is 1. The van der Waals surface area contributed by atoms with E-state index in [9.17, 15) is 14.7 Å². The van der Waals surface area contributed by atoms with Crippen LogP contribution in [0.4, 0.5) is 0 Å². The van der Waals surface area contributed by atoms with Crippen LogP contribution in [0, 0.1) is 5.92 Å². The molecule has 2 unspecified atom stereocenters. The zero-order valence-electron chi connectivity index (χ0n) is 12.7. The van der Waals surface area contributed by atoms with E-state index in [1.54, 1.807) is 6.07 Å². The number of hydrogen-bond donors (Lipinski definition) is 2. The number of aliphatic carboxylic acids is 1. The Balaban J connectivity index is 1.78. The molecule has 0 aromatic heterocycles. The number of benzene rings is 1. The Kier molecular flexibility index (Phi) is 7.20. The molecule has 0 aliphatic carbocycles. The van der Waals surface area contributed by atoms with Gasteiger partial charge in [0.1, 0.15) is 6.04 Å². The summed E-state index contributed by atoms with van der Waals surface area (Å²) in [6, 6.07) is 6.57. The van der Waals surface area contributed by atoms with Crippen molar-refractivity contribution in [2.75, 3.05) is 19.0 Å². The van der Waals surface area contributed by atoms with E-state index in [-0.39, 0.29) is 17.6 Å². The van der Waals surface area contributed by atoms with Gasteiger partial charge in [-0.15, -0.1) is 11.8 Å². The van der Waals surface area contributed by atoms with E-state index in [4.69, 9.17) is 16.3 Å². The van der Waals surface area contributed by atoms with Crippen molar-refractivity contribution in [2.24, 2.45) is 5.92 Å². The van der Waals surface area contributed by atoms with Crippen LogP contribution in [-0.2, 0) is 20.1 Å². The quantitative estimate of drug-likeness (QED) is 0.784. The molecular weight excluding hydrogens is 338 g/mol. The number of hydrogen-bond acceptors (Lipinski definition) is 4. The predicted octanol–water partition coefficient (Wildman–Crippen LogP) is 2.57. The molecule has 1 aliphatic rings. The smallest absolute Gasteiger partial charge is 0.326 e. The van der Waals surface area contributed by atoms with Crippen LogP contribution in [0.5, 0.6) is 0 Å². The summed E-state index contributed by atoms with van der Waals surface area (Å²) in [6.45, 7) is 1.04. The van der Waals surface area contributed by atoms with Crippen molar-refractivity contribution in [3.63, 3.8) is 0 Å². The van der Waals surface area contributed by atoms with Crippen molar-refractivity contribution in [3.8, 4) is 0 Å². The van der Waals surface area contributed by atoms with Gasteiger partial charge in [0.25, 0.3) is 0 Å². The Morgan fingerprint density at radius 2 is 2.30 bits per heavy atom. The lowest BCUT2D eigenvalue weighted by Gasteiger charge is -2.28. The number of ether oxygens (including phenoxy) is 1. The van der Waals surface area contributed by atoms with Crippen molar-refractivity contribution in [2.45, 2.75) is 24.6 Å². The van der Waals surface area contributed by atoms with Gasteiger partial charge in [-0.25, -0.2) is 4.79 Å². The summed E-state index contributed by atoms with van der Waals surface area (Å²) in [4.78, 5) is 23.4. The first-order valence-corrected chi connectivity index (χ1v) is 9.01. The molecule has 5 nitrogen and oxygen atoms in total. The number of carboxylic acid groups (broad SMARTS) is 1. The summed E-state index contributed by atoms with van der Waals surface area (Å²) in [7, 11) is 0. The highest BCUT2D eigenvalue weighted by molar-refractivity contribution is 7.99. The number of rotatable bonds is 7. The van der Waals surface area contributed by atoms with E-state index in [0.717, 1.165) is 18.4 Å². The summed E-state index contributed by atoms with van der Waals surface area (Å²) < 4.78 is 5.31. The molecule has 7 heteroatoms. The van der Waals surface area contributed by atoms with Crippen LogP contribution in [0.3, 0.4) is 0 Å². The van der Waals surface area contributed by atoms with Crippen molar-refractivity contribution in [1.29, 1.82) is 0 Å². The van der Waals surface area contributed by atoms with Crippen molar-refractivity contribution in [1.82, 2.24) is 5.32 Å². The van der Waals surface area contributed by atoms with Gasteiger partial charge in [-0.1, -0.05) is 23.7 Å². The van der Waals surface area contributed by atoms with Crippen LogP contribution < -0.4 is 5.32 Å². The van der Waals surface area contributed by atoms with Crippen LogP contribution in [0.15, 0.2) is 24.3 Å². The Hall–Kier alpha value is -1.24. The maximum absolute atomic E-state index is 12.0. The average molecular weight is 358 g/mol. The third-order valence-corrected chi connectivity index (χ3v) is 4.88. The molecule has 1 fully saturated rings. The molecule has 0 spiro atoms. The number of nitrogens with one attached hydrogen (secondary N) is 1. The molecule has 0 saturated carbocycles. The van der Waals surface area contributed by atoms with Gasteiger partial charge in [0.2, 0.25) is 5.91 Å². The Labute approximate surface area is 144 Å². The van der Waals surface area contributed by atoms with Crippen LogP contribution in [0.25, 0.3) is 0 Å². The molecule has 1 aromatic rings. The van der Waals surface area contributed by atoms with Crippen LogP contribution >= 0.6 is 23.4 Å². The summed E-state index contributed by atoms with van der Waals surface area (Å²) in [5.74, 6) is -0.575. The number of halogens is 1. The Morgan fingerprint density at radius 3 is 2.96 bits per heavy atom. The van der Waals surface area contributed by atoms with Crippen LogP contribution in [-0.4, -0.2) is 42.0 Å². The Bertz CT molecular complexity index is 549. The molecule has 2 N–H and O–H groups in total. The highest BCUT2D eigenvalue weighted by Crippen LogP contribution is 2.19. The number of carbonyl (C=O) groups is 2. The van der Waals surface area contributed by atoms with Gasteiger partial charge in [-0.05, 0) is 30.5 Å². The normalized spacial score (nSPS) is 19.1. The minimum Gasteiger partial charge on any atom is -0.480 e. The van der Waals surface area contributed by atoms with E-state index in [1.165, 1.54) is 11.8 Å². The molecule has 23 heavy (non-hydrogen) atoms. The van der Waals surface area contributed by atoms with Gasteiger partial charge in [0.05, 0.1) is 12.4 Å². The minimum atomic E-state index is -1.01. The molecule has 1 aliphatic heterocycles. The van der Waals surface area contributed by atoms with Gasteiger partial charge in [-0.2, -0.15) is 0 Å². The number of thioether (sulfide) groups is 1. The summed E-state index contributed by atoms with van der Waals surface area (Å²) in [5.41, 5.74) is 1.03. The van der Waals surface area contributed by atoms with E-state index < -0.39 is 12.0 Å². The van der Waals surface area contributed by atoms with Gasteiger partial charge in [0, 0.05) is 23.3 Å². The zero-order valence-corrected chi connectivity index (χ0v) is 14.2. The molecule has 1 saturated heterocycles. The lowest BCUT2D eigenvalue weighted by atomic mass is 9.94.